The minimum atomic E-state index is -0.722. The van der Waals surface area contributed by atoms with Crippen LogP contribution in [0.5, 0.6) is 0 Å². The smallest absolute Gasteiger partial charge is 0.309 e. The van der Waals surface area contributed by atoms with Crippen molar-refractivity contribution in [2.75, 3.05) is 6.61 Å². The number of hydrogen-bond donors (Lipinski definition) is 2. The Kier molecular flexibility index (Phi) is 11.5. The molecule has 3 aliphatic rings. The first kappa shape index (κ1) is 27.4. The lowest BCUT2D eigenvalue weighted by Gasteiger charge is -2.34. The molecule has 0 aromatic carbocycles. The number of cyclic esters (lactones) is 1. The molecule has 0 bridgehead atoms. The van der Waals surface area contributed by atoms with Crippen LogP contribution in [0, 0.1) is 29.1 Å². The molecule has 1 aliphatic heterocycles. The van der Waals surface area contributed by atoms with Crippen LogP contribution >= 0.6 is 0 Å². The van der Waals surface area contributed by atoms with Crippen molar-refractivity contribution < 1.29 is 24.5 Å². The Balaban J connectivity index is 0.000000256. The monoisotopic (exact) mass is 436 g/mol. The van der Waals surface area contributed by atoms with E-state index in [4.69, 9.17) is 10.2 Å². The molecule has 0 spiro atoms. The van der Waals surface area contributed by atoms with Gasteiger partial charge in [0.1, 0.15) is 0 Å². The summed E-state index contributed by atoms with van der Waals surface area (Å²) in [7, 11) is 0. The van der Waals surface area contributed by atoms with Gasteiger partial charge in [0.25, 0.3) is 0 Å². The van der Waals surface area contributed by atoms with Crippen molar-refractivity contribution in [3.05, 3.63) is 23.8 Å². The summed E-state index contributed by atoms with van der Waals surface area (Å²) in [4.78, 5) is 20.5. The first-order valence-electron chi connectivity index (χ1n) is 12.0. The van der Waals surface area contributed by atoms with Gasteiger partial charge in [0.15, 0.2) is 0 Å². The van der Waals surface area contributed by atoms with Gasteiger partial charge >= 0.3 is 11.9 Å². The molecule has 0 radical (unpaired) electrons. The molecular formula is C26H44O5. The average Bonchev–Trinajstić information content (AvgIpc) is 2.89. The van der Waals surface area contributed by atoms with Gasteiger partial charge in [-0.15, -0.1) is 0 Å². The number of fused-ring (bicyclic) bond motifs is 1. The molecule has 2 N–H and O–H groups in total. The molecule has 0 saturated carbocycles. The summed E-state index contributed by atoms with van der Waals surface area (Å²) in [5.74, 6) is 2.32. The zero-order chi connectivity index (χ0) is 23.6. The minimum Gasteiger partial charge on any atom is -0.481 e. The Bertz CT molecular complexity index is 634. The number of esters is 1. The normalized spacial score (nSPS) is 30.2. The van der Waals surface area contributed by atoms with Crippen LogP contribution in [-0.4, -0.2) is 34.9 Å². The molecule has 2 aliphatic carbocycles. The van der Waals surface area contributed by atoms with Crippen molar-refractivity contribution in [1.82, 2.24) is 0 Å². The number of carboxylic acid groups (broad SMARTS) is 1. The lowest BCUT2D eigenvalue weighted by Crippen LogP contribution is -2.24. The van der Waals surface area contributed by atoms with E-state index in [0.717, 1.165) is 23.7 Å². The van der Waals surface area contributed by atoms with Crippen LogP contribution in [0.3, 0.4) is 0 Å². The van der Waals surface area contributed by atoms with Gasteiger partial charge in [-0.3, -0.25) is 9.59 Å². The molecule has 4 unspecified atom stereocenters. The summed E-state index contributed by atoms with van der Waals surface area (Å²) in [6.45, 7) is 12.8. The predicted molar refractivity (Wildman–Crippen MR) is 125 cm³/mol. The second-order valence-electron chi connectivity index (χ2n) is 9.88. The fraction of sp³-hybridized carbons (Fsp3) is 0.769. The molecular weight excluding hydrogens is 392 g/mol. The highest BCUT2D eigenvalue weighted by atomic mass is 16.5. The third kappa shape index (κ3) is 9.18. The van der Waals surface area contributed by atoms with Crippen molar-refractivity contribution >= 4 is 11.9 Å². The van der Waals surface area contributed by atoms with Gasteiger partial charge in [0.2, 0.25) is 0 Å². The number of allylic oxidation sites excluding steroid dienone is 4. The third-order valence-corrected chi connectivity index (χ3v) is 6.91. The molecule has 31 heavy (non-hydrogen) atoms. The first-order valence-corrected chi connectivity index (χ1v) is 12.0. The van der Waals surface area contributed by atoms with Gasteiger partial charge in [0, 0.05) is 6.42 Å². The van der Waals surface area contributed by atoms with Crippen molar-refractivity contribution in [3.63, 3.8) is 0 Å². The molecule has 0 aromatic rings. The SMILES string of the molecule is CCC(C)(C)C(=O)O.CCC1C(C)C=CC2=C[C@H](C)CCCC21.O=C1CC(O)CCO1. The number of hydrogen-bond acceptors (Lipinski definition) is 4. The topological polar surface area (TPSA) is 83.8 Å². The number of aliphatic hydroxyl groups is 1. The average molecular weight is 437 g/mol. The summed E-state index contributed by atoms with van der Waals surface area (Å²) in [6.07, 6.45) is 13.9. The number of aliphatic carboxylic acids is 1. The van der Waals surface area contributed by atoms with Crippen LogP contribution in [0.1, 0.15) is 86.5 Å². The standard InChI is InChI=1S/C15H24.C6H12O2.C5H8O3/c1-4-14-12(3)8-9-13-10-11(2)6-5-7-15(13)14;1-4-6(2,3)5(7)8;6-4-1-2-8-5(7)3-4/h8-12,14-15H,4-7H2,1-3H3;4H2,1-3H3,(H,7,8);4,6H,1-3H2/t11-,12?,14?,15?;;/m1../s1. The van der Waals surface area contributed by atoms with E-state index in [9.17, 15) is 9.59 Å². The number of aliphatic hydroxyl groups excluding tert-OH is 1. The maximum absolute atomic E-state index is 10.3. The Labute approximate surface area is 189 Å². The maximum atomic E-state index is 10.3. The van der Waals surface area contributed by atoms with Crippen molar-refractivity contribution in [2.45, 2.75) is 92.6 Å². The molecule has 1 saturated heterocycles. The zero-order valence-corrected chi connectivity index (χ0v) is 20.4. The van der Waals surface area contributed by atoms with Crippen molar-refractivity contribution in [2.24, 2.45) is 29.1 Å². The largest absolute Gasteiger partial charge is 0.481 e. The van der Waals surface area contributed by atoms with Gasteiger partial charge in [-0.05, 0) is 62.4 Å². The lowest BCUT2D eigenvalue weighted by molar-refractivity contribution is -0.151. The quantitative estimate of drug-likeness (QED) is 0.549. The number of ether oxygens (including phenoxy) is 1. The molecule has 1 fully saturated rings. The lowest BCUT2D eigenvalue weighted by atomic mass is 9.71. The highest BCUT2D eigenvalue weighted by Crippen LogP contribution is 2.41. The third-order valence-electron chi connectivity index (χ3n) is 6.91. The Hall–Kier alpha value is -1.62. The van der Waals surface area contributed by atoms with E-state index in [2.05, 4.69) is 43.7 Å². The number of carbonyl (C=O) groups is 2. The van der Waals surface area contributed by atoms with E-state index in [0.29, 0.717) is 19.4 Å². The number of carbonyl (C=O) groups excluding carboxylic acids is 1. The fourth-order valence-corrected chi connectivity index (χ4v) is 4.24. The second-order valence-corrected chi connectivity index (χ2v) is 9.88. The van der Waals surface area contributed by atoms with Gasteiger partial charge < -0.3 is 14.9 Å². The molecule has 5 nitrogen and oxygen atoms in total. The Morgan fingerprint density at radius 1 is 1.19 bits per heavy atom. The maximum Gasteiger partial charge on any atom is 0.309 e. The highest BCUT2D eigenvalue weighted by molar-refractivity contribution is 5.73. The summed E-state index contributed by atoms with van der Waals surface area (Å²) >= 11 is 0. The molecule has 3 rings (SSSR count). The van der Waals surface area contributed by atoms with Crippen LogP contribution in [0.25, 0.3) is 0 Å². The predicted octanol–water partition coefficient (Wildman–Crippen LogP) is 5.77. The number of rotatable bonds is 3. The van der Waals surface area contributed by atoms with Gasteiger partial charge in [-0.25, -0.2) is 0 Å². The molecule has 5 heteroatoms. The summed E-state index contributed by atoms with van der Waals surface area (Å²) in [5.41, 5.74) is 1.10. The van der Waals surface area contributed by atoms with E-state index >= 15 is 0 Å². The first-order chi connectivity index (χ1) is 14.5. The molecule has 0 amide bonds. The molecule has 1 heterocycles. The van der Waals surface area contributed by atoms with Crippen LogP contribution in [0.4, 0.5) is 0 Å². The second kappa shape index (κ2) is 13.0. The highest BCUT2D eigenvalue weighted by Gasteiger charge is 2.30. The fourth-order valence-electron chi connectivity index (χ4n) is 4.24. The van der Waals surface area contributed by atoms with Gasteiger partial charge in [-0.1, -0.05) is 58.8 Å². The van der Waals surface area contributed by atoms with E-state index < -0.39 is 17.5 Å². The van der Waals surface area contributed by atoms with Crippen LogP contribution < -0.4 is 0 Å². The number of carboxylic acids is 1. The summed E-state index contributed by atoms with van der Waals surface area (Å²) in [5, 5.41) is 17.2. The Morgan fingerprint density at radius 2 is 1.87 bits per heavy atom. The zero-order valence-electron chi connectivity index (χ0n) is 20.4. The summed E-state index contributed by atoms with van der Waals surface area (Å²) in [6, 6.07) is 0. The van der Waals surface area contributed by atoms with Crippen molar-refractivity contribution in [3.8, 4) is 0 Å². The van der Waals surface area contributed by atoms with E-state index in [-0.39, 0.29) is 12.4 Å². The summed E-state index contributed by atoms with van der Waals surface area (Å²) < 4.78 is 4.55. The van der Waals surface area contributed by atoms with E-state index in [1.165, 1.54) is 25.7 Å². The van der Waals surface area contributed by atoms with Crippen LogP contribution in [0.2, 0.25) is 0 Å². The minimum absolute atomic E-state index is 0.167. The van der Waals surface area contributed by atoms with Gasteiger partial charge in [-0.2, -0.15) is 0 Å². The molecule has 0 aromatic heterocycles. The van der Waals surface area contributed by atoms with Crippen LogP contribution in [-0.2, 0) is 14.3 Å². The van der Waals surface area contributed by atoms with Crippen molar-refractivity contribution in [1.29, 1.82) is 0 Å². The van der Waals surface area contributed by atoms with Crippen LogP contribution in [0.15, 0.2) is 23.8 Å². The molecule has 178 valence electrons. The van der Waals surface area contributed by atoms with E-state index in [1.807, 2.05) is 6.92 Å². The molecule has 5 atom stereocenters. The van der Waals surface area contributed by atoms with Gasteiger partial charge in [0.05, 0.1) is 24.5 Å². The van der Waals surface area contributed by atoms with E-state index in [1.54, 1.807) is 19.4 Å². The Morgan fingerprint density at radius 3 is 2.32 bits per heavy atom.